The van der Waals surface area contributed by atoms with Gasteiger partial charge >= 0.3 is 5.97 Å². The minimum absolute atomic E-state index is 0. The van der Waals surface area contributed by atoms with E-state index in [0.29, 0.717) is 0 Å². The molecule has 0 spiro atoms. The van der Waals surface area contributed by atoms with E-state index in [1.165, 1.54) is 24.5 Å². The number of benzene rings is 1. The van der Waals surface area contributed by atoms with Gasteiger partial charge in [-0.2, -0.15) is 0 Å². The number of hydrogen-bond acceptors (Lipinski definition) is 5. The van der Waals surface area contributed by atoms with Gasteiger partial charge in [-0.05, 0) is 25.6 Å². The van der Waals surface area contributed by atoms with Crippen molar-refractivity contribution in [3.8, 4) is 11.3 Å². The van der Waals surface area contributed by atoms with Crippen LogP contribution >= 0.6 is 0 Å². The molecule has 2 aromatic heterocycles. The molecule has 9 heteroatoms. The van der Waals surface area contributed by atoms with Crippen LogP contribution in [0.25, 0.3) is 11.3 Å². The second kappa shape index (κ2) is 7.96. The zero-order valence-corrected chi connectivity index (χ0v) is 16.5. The number of aromatic carboxylic acids is 1. The third-order valence-electron chi connectivity index (χ3n) is 3.76. The van der Waals surface area contributed by atoms with Crippen molar-refractivity contribution in [3.63, 3.8) is 0 Å². The van der Waals surface area contributed by atoms with Crippen LogP contribution in [0.4, 0.5) is 8.78 Å². The van der Waals surface area contributed by atoms with Gasteiger partial charge in [-0.1, -0.05) is 17.7 Å². The van der Waals surface area contributed by atoms with E-state index in [9.17, 15) is 13.6 Å². The molecule has 1 aromatic carbocycles. The minimum Gasteiger partial charge on any atom is -0.477 e. The Balaban J connectivity index is 0.00000261. The Labute approximate surface area is 168 Å². The predicted octanol–water partition coefficient (Wildman–Crippen LogP) is 3.03. The summed E-state index contributed by atoms with van der Waals surface area (Å²) in [6.07, 6.45) is 2.77. The average molecular weight is 550 g/mol. The maximum absolute atomic E-state index is 14.0. The summed E-state index contributed by atoms with van der Waals surface area (Å²) in [6, 6.07) is 7.03. The average Bonchev–Trinajstić information content (AvgIpc) is 2.62. The summed E-state index contributed by atoms with van der Waals surface area (Å²) >= 11 is 0. The fourth-order valence-corrected chi connectivity index (χ4v) is 2.32. The van der Waals surface area contributed by atoms with Gasteiger partial charge in [0.15, 0.2) is 5.69 Å². The Morgan fingerprint density at radius 3 is 2.37 bits per heavy atom. The molecule has 27 heavy (non-hydrogen) atoms. The molecular formula is C18H13F2N4O2Pt-. The van der Waals surface area contributed by atoms with Gasteiger partial charge in [0.25, 0.3) is 0 Å². The third-order valence-corrected chi connectivity index (χ3v) is 3.76. The first-order chi connectivity index (χ1) is 12.3. The summed E-state index contributed by atoms with van der Waals surface area (Å²) in [6.45, 7) is 3.44. The predicted molar refractivity (Wildman–Crippen MR) is 87.3 cm³/mol. The summed E-state index contributed by atoms with van der Waals surface area (Å²) in [5, 5.41) is 9.09. The molecule has 0 atom stereocenters. The quantitative estimate of drug-likeness (QED) is 0.503. The Bertz CT molecular complexity index is 999. The Morgan fingerprint density at radius 1 is 1.11 bits per heavy atom. The smallest absolute Gasteiger partial charge is 0.354 e. The molecule has 0 bridgehead atoms. The molecule has 142 valence electrons. The van der Waals surface area contributed by atoms with Gasteiger partial charge in [-0.3, -0.25) is 13.8 Å². The Morgan fingerprint density at radius 2 is 1.74 bits per heavy atom. The standard InChI is InChI=1S/C18H13F2N4O2.Pt/c1-18(2,17-22-8-6-14(24-17)15(25)26)16-21-7-5-13(23-16)11-4-3-10(19)9-12(11)20;/h3,5-9H,1-2H3,(H,25,26);/q-1;. The van der Waals surface area contributed by atoms with Gasteiger partial charge in [-0.25, -0.2) is 19.7 Å². The van der Waals surface area contributed by atoms with Crippen molar-refractivity contribution < 1.29 is 39.7 Å². The van der Waals surface area contributed by atoms with Crippen molar-refractivity contribution in [1.82, 2.24) is 19.9 Å². The first-order valence-corrected chi connectivity index (χ1v) is 7.56. The second-order valence-electron chi connectivity index (χ2n) is 6.00. The van der Waals surface area contributed by atoms with Crippen molar-refractivity contribution in [2.24, 2.45) is 0 Å². The maximum atomic E-state index is 14.0. The number of nitrogens with zero attached hydrogens (tertiary/aromatic N) is 4. The van der Waals surface area contributed by atoms with Crippen LogP contribution < -0.4 is 0 Å². The van der Waals surface area contributed by atoms with Crippen molar-refractivity contribution in [2.75, 3.05) is 0 Å². The first-order valence-electron chi connectivity index (χ1n) is 7.56. The van der Waals surface area contributed by atoms with E-state index in [-0.39, 0.29) is 49.7 Å². The summed E-state index contributed by atoms with van der Waals surface area (Å²) in [5.74, 6) is -2.24. The monoisotopic (exact) mass is 550 g/mol. The number of carboxylic acid groups (broad SMARTS) is 1. The molecule has 0 saturated carbocycles. The van der Waals surface area contributed by atoms with Gasteiger partial charge in [-0.15, -0.1) is 12.1 Å². The zero-order valence-electron chi connectivity index (χ0n) is 14.2. The molecule has 0 aliphatic carbocycles. The number of halogens is 2. The molecule has 2 heterocycles. The van der Waals surface area contributed by atoms with Crippen LogP contribution in [0, 0.1) is 17.7 Å². The largest absolute Gasteiger partial charge is 0.477 e. The van der Waals surface area contributed by atoms with E-state index in [0.717, 1.165) is 12.1 Å². The molecule has 3 rings (SSSR count). The van der Waals surface area contributed by atoms with Crippen molar-refractivity contribution in [3.05, 3.63) is 71.7 Å². The maximum Gasteiger partial charge on any atom is 0.354 e. The molecule has 0 radical (unpaired) electrons. The van der Waals surface area contributed by atoms with E-state index in [1.807, 2.05) is 0 Å². The summed E-state index contributed by atoms with van der Waals surface area (Å²) in [7, 11) is 0. The van der Waals surface area contributed by atoms with Gasteiger partial charge < -0.3 is 5.11 Å². The molecule has 6 nitrogen and oxygen atoms in total. The summed E-state index contributed by atoms with van der Waals surface area (Å²) in [5.41, 5.74) is -0.879. The second-order valence-corrected chi connectivity index (χ2v) is 6.00. The zero-order chi connectivity index (χ0) is 18.9. The van der Waals surface area contributed by atoms with Crippen LogP contribution in [0.5, 0.6) is 0 Å². The topological polar surface area (TPSA) is 88.9 Å². The number of aromatic nitrogens is 4. The normalized spacial score (nSPS) is 11.0. The van der Waals surface area contributed by atoms with E-state index in [1.54, 1.807) is 13.8 Å². The fraction of sp³-hybridized carbons (Fsp3) is 0.167. The van der Waals surface area contributed by atoms with Crippen molar-refractivity contribution >= 4 is 5.97 Å². The molecule has 0 amide bonds. The first kappa shape index (κ1) is 20.7. The SMILES string of the molecule is CC(C)(c1nccc(C(=O)O)n1)c1nccc(-c2[c-]cc(F)cc2F)n1.[Pt]. The Kier molecular flexibility index (Phi) is 6.11. The summed E-state index contributed by atoms with van der Waals surface area (Å²) < 4.78 is 27.1. The van der Waals surface area contributed by atoms with Crippen LogP contribution in [0.3, 0.4) is 0 Å². The van der Waals surface area contributed by atoms with E-state index < -0.39 is 23.0 Å². The van der Waals surface area contributed by atoms with Crippen LogP contribution in [0.1, 0.15) is 36.0 Å². The van der Waals surface area contributed by atoms with Crippen molar-refractivity contribution in [2.45, 2.75) is 19.3 Å². The number of carbonyl (C=O) groups is 1. The van der Waals surface area contributed by atoms with Gasteiger partial charge in [0.2, 0.25) is 0 Å². The minimum atomic E-state index is -1.18. The molecular weight excluding hydrogens is 537 g/mol. The molecule has 3 aromatic rings. The molecule has 0 aliphatic heterocycles. The van der Waals surface area contributed by atoms with Gasteiger partial charge in [0, 0.05) is 45.1 Å². The van der Waals surface area contributed by atoms with Crippen LogP contribution in [-0.2, 0) is 26.5 Å². The number of hydrogen-bond donors (Lipinski definition) is 1. The van der Waals surface area contributed by atoms with E-state index in [2.05, 4.69) is 26.0 Å². The van der Waals surface area contributed by atoms with Crippen LogP contribution in [0.15, 0.2) is 36.7 Å². The molecule has 0 aliphatic rings. The number of rotatable bonds is 4. The third kappa shape index (κ3) is 4.22. The molecule has 0 unspecified atom stereocenters. The fourth-order valence-electron chi connectivity index (χ4n) is 2.32. The molecule has 0 fully saturated rings. The summed E-state index contributed by atoms with van der Waals surface area (Å²) in [4.78, 5) is 27.8. The van der Waals surface area contributed by atoms with Gasteiger partial charge in [0.1, 0.15) is 11.6 Å². The number of carboxylic acids is 1. The van der Waals surface area contributed by atoms with Crippen molar-refractivity contribution in [1.29, 1.82) is 0 Å². The van der Waals surface area contributed by atoms with E-state index >= 15 is 0 Å². The molecule has 1 N–H and O–H groups in total. The Hall–Kier alpha value is -2.60. The van der Waals surface area contributed by atoms with Crippen LogP contribution in [0.2, 0.25) is 0 Å². The molecule has 0 saturated heterocycles. The van der Waals surface area contributed by atoms with E-state index in [4.69, 9.17) is 5.11 Å². The van der Waals surface area contributed by atoms with Gasteiger partial charge in [0.05, 0.1) is 5.41 Å². The van der Waals surface area contributed by atoms with Crippen LogP contribution in [-0.4, -0.2) is 31.0 Å².